The molecule has 0 saturated carbocycles. The molecule has 94 valence electrons. The summed E-state index contributed by atoms with van der Waals surface area (Å²) < 4.78 is 10.5. The van der Waals surface area contributed by atoms with Gasteiger partial charge in [-0.05, 0) is 12.8 Å². The van der Waals surface area contributed by atoms with E-state index in [-0.39, 0.29) is 5.92 Å². The van der Waals surface area contributed by atoms with Gasteiger partial charge in [0.05, 0.1) is 0 Å². The predicted molar refractivity (Wildman–Crippen MR) is 62.5 cm³/mol. The molecule has 0 radical (unpaired) electrons. The van der Waals surface area contributed by atoms with E-state index in [0.717, 1.165) is 26.1 Å². The summed E-state index contributed by atoms with van der Waals surface area (Å²) in [4.78, 5) is 12.4. The second-order valence-corrected chi connectivity index (χ2v) is 4.13. The van der Waals surface area contributed by atoms with Crippen molar-refractivity contribution in [3.63, 3.8) is 0 Å². The highest BCUT2D eigenvalue weighted by atomic mass is 16.5. The van der Waals surface area contributed by atoms with Gasteiger partial charge >= 0.3 is 0 Å². The fraction of sp³-hybridized carbons (Fsp3) is 0.455. The summed E-state index contributed by atoms with van der Waals surface area (Å²) in [5.74, 6) is 1.59. The van der Waals surface area contributed by atoms with Crippen molar-refractivity contribution in [1.29, 1.82) is 0 Å². The van der Waals surface area contributed by atoms with Crippen LogP contribution in [0.15, 0.2) is 16.9 Å². The van der Waals surface area contributed by atoms with Crippen LogP contribution in [0, 0.1) is 0 Å². The lowest BCUT2D eigenvalue weighted by Gasteiger charge is -2.18. The topological polar surface area (TPSA) is 100.0 Å². The van der Waals surface area contributed by atoms with Crippen molar-refractivity contribution in [2.45, 2.75) is 18.8 Å². The summed E-state index contributed by atoms with van der Waals surface area (Å²) in [7, 11) is 0. The lowest BCUT2D eigenvalue weighted by atomic mass is 10.00. The van der Waals surface area contributed by atoms with Gasteiger partial charge in [0.2, 0.25) is 0 Å². The van der Waals surface area contributed by atoms with Gasteiger partial charge in [-0.15, -0.1) is 0 Å². The van der Waals surface area contributed by atoms with Crippen molar-refractivity contribution in [2.75, 3.05) is 18.9 Å². The summed E-state index contributed by atoms with van der Waals surface area (Å²) >= 11 is 0. The number of aromatic nitrogens is 4. The molecule has 7 nitrogen and oxygen atoms in total. The van der Waals surface area contributed by atoms with Gasteiger partial charge in [-0.3, -0.25) is 0 Å². The van der Waals surface area contributed by atoms with Crippen LogP contribution in [0.1, 0.15) is 24.6 Å². The Morgan fingerprint density at radius 2 is 1.94 bits per heavy atom. The van der Waals surface area contributed by atoms with Gasteiger partial charge < -0.3 is 15.0 Å². The number of hydrogen-bond donors (Lipinski definition) is 1. The van der Waals surface area contributed by atoms with Crippen LogP contribution in [0.3, 0.4) is 0 Å². The zero-order valence-corrected chi connectivity index (χ0v) is 9.74. The minimum Gasteiger partial charge on any atom is -0.382 e. The third-order valence-electron chi connectivity index (χ3n) is 2.96. The molecule has 0 amide bonds. The Labute approximate surface area is 103 Å². The smallest absolute Gasteiger partial charge is 0.280 e. The molecular weight excluding hydrogens is 234 g/mol. The maximum absolute atomic E-state index is 5.72. The van der Waals surface area contributed by atoms with Crippen LogP contribution >= 0.6 is 0 Å². The molecule has 2 aromatic heterocycles. The van der Waals surface area contributed by atoms with Crippen LogP contribution in [0.2, 0.25) is 0 Å². The molecule has 0 atom stereocenters. The molecule has 1 saturated heterocycles. The number of rotatable bonds is 2. The van der Waals surface area contributed by atoms with E-state index < -0.39 is 0 Å². The Hall–Kier alpha value is -2.02. The molecule has 2 aromatic rings. The zero-order valence-electron chi connectivity index (χ0n) is 9.74. The molecule has 2 N–H and O–H groups in total. The Morgan fingerprint density at radius 3 is 2.72 bits per heavy atom. The minimum atomic E-state index is 0.286. The molecule has 0 bridgehead atoms. The standard InChI is InChI=1S/C11H13N5O2/c12-9-8(13-3-4-14-9)11-15-10(16-18-11)7-1-5-17-6-2-7/h3-4,7H,1-2,5-6H2,(H2,12,14). The number of ether oxygens (including phenoxy) is 1. The van der Waals surface area contributed by atoms with E-state index in [1.807, 2.05) is 0 Å². The molecule has 1 fully saturated rings. The van der Waals surface area contributed by atoms with E-state index in [9.17, 15) is 0 Å². The van der Waals surface area contributed by atoms with Crippen molar-refractivity contribution in [2.24, 2.45) is 0 Å². The van der Waals surface area contributed by atoms with Gasteiger partial charge in [0.1, 0.15) is 0 Å². The number of hydrogen-bond acceptors (Lipinski definition) is 7. The Morgan fingerprint density at radius 1 is 1.17 bits per heavy atom. The maximum atomic E-state index is 5.72. The minimum absolute atomic E-state index is 0.286. The Kier molecular flexibility index (Phi) is 2.89. The molecule has 3 heterocycles. The third kappa shape index (κ3) is 2.04. The highest BCUT2D eigenvalue weighted by Crippen LogP contribution is 2.27. The fourth-order valence-corrected chi connectivity index (χ4v) is 1.97. The fourth-order valence-electron chi connectivity index (χ4n) is 1.97. The van der Waals surface area contributed by atoms with E-state index in [0.29, 0.717) is 23.2 Å². The predicted octanol–water partition coefficient (Wildman–Crippen LogP) is 1.00. The summed E-state index contributed by atoms with van der Waals surface area (Å²) in [5, 5.41) is 3.99. The molecule has 7 heteroatoms. The Bertz CT molecular complexity index is 536. The lowest BCUT2D eigenvalue weighted by Crippen LogP contribution is -2.15. The first-order chi connectivity index (χ1) is 8.84. The normalized spacial score (nSPS) is 16.9. The van der Waals surface area contributed by atoms with E-state index in [1.165, 1.54) is 6.20 Å². The first-order valence-corrected chi connectivity index (χ1v) is 5.83. The SMILES string of the molecule is Nc1nccnc1-c1nc(C2CCOCC2)no1. The molecule has 0 unspecified atom stereocenters. The van der Waals surface area contributed by atoms with Crippen LogP contribution in [0.5, 0.6) is 0 Å². The third-order valence-corrected chi connectivity index (χ3v) is 2.96. The highest BCUT2D eigenvalue weighted by molar-refractivity contribution is 5.61. The second kappa shape index (κ2) is 4.69. The Balaban J connectivity index is 1.87. The molecular formula is C11H13N5O2. The highest BCUT2D eigenvalue weighted by Gasteiger charge is 2.22. The lowest BCUT2D eigenvalue weighted by molar-refractivity contribution is 0.0830. The van der Waals surface area contributed by atoms with E-state index in [1.54, 1.807) is 6.20 Å². The van der Waals surface area contributed by atoms with Crippen LogP contribution in [-0.2, 0) is 4.74 Å². The summed E-state index contributed by atoms with van der Waals surface area (Å²) in [6.45, 7) is 1.48. The average Bonchev–Trinajstić information content (AvgIpc) is 2.90. The van der Waals surface area contributed by atoms with Crippen molar-refractivity contribution in [3.8, 4) is 11.6 Å². The molecule has 0 aromatic carbocycles. The zero-order chi connectivity index (χ0) is 12.4. The molecule has 0 spiro atoms. The van der Waals surface area contributed by atoms with Gasteiger partial charge in [0, 0.05) is 31.5 Å². The summed E-state index contributed by atoms with van der Waals surface area (Å²) in [6.07, 6.45) is 4.89. The average molecular weight is 247 g/mol. The van der Waals surface area contributed by atoms with Crippen LogP contribution in [-0.4, -0.2) is 33.3 Å². The monoisotopic (exact) mass is 247 g/mol. The van der Waals surface area contributed by atoms with Gasteiger partial charge in [-0.1, -0.05) is 5.16 Å². The molecule has 1 aliphatic heterocycles. The van der Waals surface area contributed by atoms with Crippen molar-refractivity contribution >= 4 is 5.82 Å². The number of nitrogens with two attached hydrogens (primary N) is 1. The van der Waals surface area contributed by atoms with Crippen LogP contribution in [0.4, 0.5) is 5.82 Å². The first kappa shape index (κ1) is 11.1. The molecule has 0 aliphatic carbocycles. The number of nitrogens with zero attached hydrogens (tertiary/aromatic N) is 4. The van der Waals surface area contributed by atoms with Crippen LogP contribution < -0.4 is 5.73 Å². The van der Waals surface area contributed by atoms with Crippen molar-refractivity contribution in [3.05, 3.63) is 18.2 Å². The van der Waals surface area contributed by atoms with Crippen LogP contribution in [0.25, 0.3) is 11.6 Å². The van der Waals surface area contributed by atoms with Gasteiger partial charge in [-0.2, -0.15) is 4.98 Å². The van der Waals surface area contributed by atoms with E-state index in [4.69, 9.17) is 15.0 Å². The molecule has 18 heavy (non-hydrogen) atoms. The summed E-state index contributed by atoms with van der Waals surface area (Å²) in [5.41, 5.74) is 6.15. The number of anilines is 1. The van der Waals surface area contributed by atoms with Gasteiger partial charge in [0.25, 0.3) is 5.89 Å². The second-order valence-electron chi connectivity index (χ2n) is 4.13. The van der Waals surface area contributed by atoms with Crippen molar-refractivity contribution in [1.82, 2.24) is 20.1 Å². The molecule has 3 rings (SSSR count). The van der Waals surface area contributed by atoms with Gasteiger partial charge in [0.15, 0.2) is 17.3 Å². The number of nitrogen functional groups attached to an aromatic ring is 1. The van der Waals surface area contributed by atoms with E-state index in [2.05, 4.69) is 20.1 Å². The maximum Gasteiger partial charge on any atom is 0.280 e. The molecule has 1 aliphatic rings. The largest absolute Gasteiger partial charge is 0.382 e. The quantitative estimate of drug-likeness (QED) is 0.844. The summed E-state index contributed by atoms with van der Waals surface area (Å²) in [6, 6.07) is 0. The van der Waals surface area contributed by atoms with Crippen molar-refractivity contribution < 1.29 is 9.26 Å². The van der Waals surface area contributed by atoms with E-state index >= 15 is 0 Å². The first-order valence-electron chi connectivity index (χ1n) is 5.83. The van der Waals surface area contributed by atoms with Gasteiger partial charge in [-0.25, -0.2) is 9.97 Å².